The van der Waals surface area contributed by atoms with Crippen LogP contribution in [0, 0.1) is 0 Å². The summed E-state index contributed by atoms with van der Waals surface area (Å²) in [6, 6.07) is 8.43. The largest absolute Gasteiger partial charge is 0.406 e. The molecule has 0 fully saturated rings. The predicted octanol–water partition coefficient (Wildman–Crippen LogP) is 3.68. The van der Waals surface area contributed by atoms with E-state index in [2.05, 4.69) is 28.5 Å². The smallest absolute Gasteiger partial charge is 0.320 e. The quantitative estimate of drug-likeness (QED) is 0.843. The molecule has 0 aliphatic heterocycles. The van der Waals surface area contributed by atoms with Crippen LogP contribution in [0.15, 0.2) is 28.7 Å². The highest BCUT2D eigenvalue weighted by Gasteiger charge is 2.10. The van der Waals surface area contributed by atoms with Gasteiger partial charge in [-0.2, -0.15) is 0 Å². The van der Waals surface area contributed by atoms with Gasteiger partial charge in [0.15, 0.2) is 0 Å². The lowest BCUT2D eigenvalue weighted by atomic mass is 10.1. The lowest BCUT2D eigenvalue weighted by Crippen LogP contribution is -1.91. The second kappa shape index (κ2) is 5.19. The van der Waals surface area contributed by atoms with Crippen LogP contribution in [-0.2, 0) is 6.42 Å². The molecular weight excluding hydrogens is 238 g/mol. The third-order valence-electron chi connectivity index (χ3n) is 2.37. The van der Waals surface area contributed by atoms with Crippen molar-refractivity contribution in [3.8, 4) is 0 Å². The lowest BCUT2D eigenvalue weighted by Gasteiger charge is -2.03. The fraction of sp³-hybridized carbons (Fsp3) is 0.333. The first-order chi connectivity index (χ1) is 8.19. The summed E-state index contributed by atoms with van der Waals surface area (Å²) in [6.45, 7) is 3.90. The van der Waals surface area contributed by atoms with Gasteiger partial charge in [-0.15, -0.1) is 16.7 Å². The van der Waals surface area contributed by atoms with Gasteiger partial charge in [-0.3, -0.25) is 0 Å². The first kappa shape index (κ1) is 11.9. The summed E-state index contributed by atoms with van der Waals surface area (Å²) < 4.78 is 5.36. The van der Waals surface area contributed by atoms with Crippen molar-refractivity contribution >= 4 is 23.3 Å². The molecule has 1 unspecified atom stereocenters. The molecule has 0 amide bonds. The molecule has 5 heteroatoms. The zero-order chi connectivity index (χ0) is 12.3. The Morgan fingerprint density at radius 1 is 1.41 bits per heavy atom. The van der Waals surface area contributed by atoms with Crippen LogP contribution in [0.3, 0.4) is 0 Å². The first-order valence-corrected chi connectivity index (χ1v) is 5.96. The van der Waals surface area contributed by atoms with Gasteiger partial charge in [0.25, 0.3) is 0 Å². The van der Waals surface area contributed by atoms with Gasteiger partial charge in [0, 0.05) is 5.69 Å². The summed E-state index contributed by atoms with van der Waals surface area (Å²) in [7, 11) is 0. The number of nitrogens with zero attached hydrogens (tertiary/aromatic N) is 2. The van der Waals surface area contributed by atoms with Crippen LogP contribution in [-0.4, -0.2) is 10.2 Å². The van der Waals surface area contributed by atoms with E-state index in [9.17, 15) is 0 Å². The van der Waals surface area contributed by atoms with Crippen LogP contribution >= 0.6 is 11.6 Å². The maximum Gasteiger partial charge on any atom is 0.320 e. The van der Waals surface area contributed by atoms with E-state index in [1.54, 1.807) is 6.92 Å². The van der Waals surface area contributed by atoms with Gasteiger partial charge in [0.1, 0.15) is 5.38 Å². The molecule has 0 saturated heterocycles. The minimum absolute atomic E-state index is 0.278. The van der Waals surface area contributed by atoms with E-state index in [4.69, 9.17) is 16.0 Å². The average Bonchev–Trinajstić information content (AvgIpc) is 2.78. The van der Waals surface area contributed by atoms with Crippen molar-refractivity contribution in [3.63, 3.8) is 0 Å². The molecule has 1 atom stereocenters. The van der Waals surface area contributed by atoms with Crippen LogP contribution < -0.4 is 5.32 Å². The highest BCUT2D eigenvalue weighted by atomic mass is 35.5. The number of hydrogen-bond acceptors (Lipinski definition) is 4. The average molecular weight is 252 g/mol. The Bertz CT molecular complexity index is 496. The summed E-state index contributed by atoms with van der Waals surface area (Å²) in [4.78, 5) is 0. The van der Waals surface area contributed by atoms with E-state index in [1.165, 1.54) is 5.56 Å². The first-order valence-electron chi connectivity index (χ1n) is 5.52. The van der Waals surface area contributed by atoms with Crippen molar-refractivity contribution in [1.82, 2.24) is 10.2 Å². The molecule has 0 aliphatic carbocycles. The van der Waals surface area contributed by atoms with Crippen LogP contribution in [0.4, 0.5) is 11.7 Å². The summed E-state index contributed by atoms with van der Waals surface area (Å²) in [5.41, 5.74) is 2.18. The second-order valence-corrected chi connectivity index (χ2v) is 4.40. The molecule has 1 N–H and O–H groups in total. The van der Waals surface area contributed by atoms with Gasteiger partial charge in [0.05, 0.1) is 0 Å². The Kier molecular flexibility index (Phi) is 3.64. The molecule has 90 valence electrons. The highest BCUT2D eigenvalue weighted by Crippen LogP contribution is 2.22. The number of halogens is 1. The standard InChI is InChI=1S/C12H14ClN3O/c1-3-9-5-4-6-10(7-9)14-12-16-15-11(17-12)8(2)13/h4-8H,3H2,1-2H3,(H,14,16). The zero-order valence-corrected chi connectivity index (χ0v) is 10.5. The summed E-state index contributed by atoms with van der Waals surface area (Å²) in [5.74, 6) is 0.417. The lowest BCUT2D eigenvalue weighted by molar-refractivity contribution is 0.510. The predicted molar refractivity (Wildman–Crippen MR) is 67.7 cm³/mol. The van der Waals surface area contributed by atoms with Gasteiger partial charge in [0.2, 0.25) is 5.89 Å². The molecule has 1 heterocycles. The highest BCUT2D eigenvalue weighted by molar-refractivity contribution is 6.20. The van der Waals surface area contributed by atoms with Crippen molar-refractivity contribution in [2.45, 2.75) is 25.6 Å². The van der Waals surface area contributed by atoms with Crippen LogP contribution in [0.2, 0.25) is 0 Å². The maximum absolute atomic E-state index is 5.84. The molecule has 2 rings (SSSR count). The molecule has 17 heavy (non-hydrogen) atoms. The Morgan fingerprint density at radius 2 is 2.24 bits per heavy atom. The number of aromatic nitrogens is 2. The number of hydrogen-bond donors (Lipinski definition) is 1. The molecular formula is C12H14ClN3O. The van der Waals surface area contributed by atoms with E-state index in [1.807, 2.05) is 18.2 Å². The minimum Gasteiger partial charge on any atom is -0.406 e. The molecule has 1 aromatic carbocycles. The van der Waals surface area contributed by atoms with E-state index in [-0.39, 0.29) is 5.38 Å². The van der Waals surface area contributed by atoms with Crippen molar-refractivity contribution in [2.24, 2.45) is 0 Å². The van der Waals surface area contributed by atoms with Crippen molar-refractivity contribution in [3.05, 3.63) is 35.7 Å². The van der Waals surface area contributed by atoms with Crippen molar-refractivity contribution in [2.75, 3.05) is 5.32 Å². The number of anilines is 2. The third-order valence-corrected chi connectivity index (χ3v) is 2.55. The second-order valence-electron chi connectivity index (χ2n) is 3.74. The van der Waals surface area contributed by atoms with E-state index in [0.717, 1.165) is 12.1 Å². The Hall–Kier alpha value is -1.55. The Balaban J connectivity index is 2.13. The molecule has 2 aromatic rings. The van der Waals surface area contributed by atoms with Gasteiger partial charge < -0.3 is 9.73 Å². The molecule has 4 nitrogen and oxygen atoms in total. The van der Waals surface area contributed by atoms with Gasteiger partial charge >= 0.3 is 6.01 Å². The van der Waals surface area contributed by atoms with Gasteiger partial charge in [-0.1, -0.05) is 24.2 Å². The molecule has 0 spiro atoms. The summed E-state index contributed by atoms with van der Waals surface area (Å²) in [5, 5.41) is 10.5. The molecule has 0 radical (unpaired) electrons. The van der Waals surface area contributed by atoms with E-state index >= 15 is 0 Å². The number of benzene rings is 1. The molecule has 0 aliphatic rings. The topological polar surface area (TPSA) is 51.0 Å². The fourth-order valence-corrected chi connectivity index (χ4v) is 1.53. The SMILES string of the molecule is CCc1cccc(Nc2nnc(C(C)Cl)o2)c1. The van der Waals surface area contributed by atoms with Crippen LogP contribution in [0.25, 0.3) is 0 Å². The summed E-state index contributed by atoms with van der Waals surface area (Å²) in [6.07, 6.45) is 0.989. The van der Waals surface area contributed by atoms with E-state index < -0.39 is 0 Å². The van der Waals surface area contributed by atoms with E-state index in [0.29, 0.717) is 11.9 Å². The zero-order valence-electron chi connectivity index (χ0n) is 9.77. The summed E-state index contributed by atoms with van der Waals surface area (Å²) >= 11 is 5.84. The number of nitrogens with one attached hydrogen (secondary N) is 1. The molecule has 0 saturated carbocycles. The normalized spacial score (nSPS) is 12.4. The number of rotatable bonds is 4. The Morgan fingerprint density at radius 3 is 2.88 bits per heavy atom. The maximum atomic E-state index is 5.84. The van der Waals surface area contributed by atoms with Crippen LogP contribution in [0.1, 0.15) is 30.7 Å². The molecule has 1 aromatic heterocycles. The molecule has 0 bridgehead atoms. The monoisotopic (exact) mass is 251 g/mol. The van der Waals surface area contributed by atoms with Crippen molar-refractivity contribution in [1.29, 1.82) is 0 Å². The van der Waals surface area contributed by atoms with Gasteiger partial charge in [-0.05, 0) is 31.0 Å². The number of aryl methyl sites for hydroxylation is 1. The fourth-order valence-electron chi connectivity index (χ4n) is 1.44. The van der Waals surface area contributed by atoms with Gasteiger partial charge in [-0.25, -0.2) is 0 Å². The third kappa shape index (κ3) is 2.97. The number of alkyl halides is 1. The minimum atomic E-state index is -0.278. The van der Waals surface area contributed by atoms with Crippen molar-refractivity contribution < 1.29 is 4.42 Å². The Labute approximate surface area is 105 Å². The van der Waals surface area contributed by atoms with Crippen LogP contribution in [0.5, 0.6) is 0 Å².